The van der Waals surface area contributed by atoms with Gasteiger partial charge in [0, 0.05) is 43.6 Å². The van der Waals surface area contributed by atoms with E-state index in [1.165, 1.54) is 0 Å². The molecule has 1 aromatic carbocycles. The number of dihydropyridines is 1. The number of rotatable bonds is 0. The van der Waals surface area contributed by atoms with Crippen molar-refractivity contribution >= 4 is 18.1 Å². The number of hydrogen-bond donors (Lipinski definition) is 1. The largest absolute Gasteiger partial charge is 0.508 e. The van der Waals surface area contributed by atoms with Gasteiger partial charge in [0.25, 0.3) is 11.9 Å². The molecular weight excluding hydrogens is 394 g/mol. The van der Waals surface area contributed by atoms with E-state index in [-0.39, 0.29) is 34.8 Å². The molecule has 2 fully saturated rings. The van der Waals surface area contributed by atoms with Crippen molar-refractivity contribution in [1.29, 1.82) is 0 Å². The monoisotopic (exact) mass is 421 g/mol. The van der Waals surface area contributed by atoms with E-state index in [2.05, 4.69) is 29.8 Å². The number of carbonyl (C=O) groups excluding carboxylic acids is 1. The molecule has 3 unspecified atom stereocenters. The highest BCUT2D eigenvalue weighted by Gasteiger charge is 2.59. The average Bonchev–Trinajstić information content (AvgIpc) is 3.35. The first-order chi connectivity index (χ1) is 14.8. The molecule has 31 heavy (non-hydrogen) atoms. The van der Waals surface area contributed by atoms with Crippen LogP contribution in [0.25, 0.3) is 0 Å². The molecule has 6 rings (SSSR count). The Labute approximate surface area is 181 Å². The lowest BCUT2D eigenvalue weighted by Gasteiger charge is -2.42. The molecule has 0 bridgehead atoms. The molecule has 4 aliphatic heterocycles. The molecule has 1 aliphatic carbocycles. The number of piperidine rings is 1. The van der Waals surface area contributed by atoms with Gasteiger partial charge >= 0.3 is 0 Å². The van der Waals surface area contributed by atoms with Crippen LogP contribution in [0, 0.1) is 5.92 Å². The van der Waals surface area contributed by atoms with Crippen molar-refractivity contribution in [3.05, 3.63) is 41.5 Å². The van der Waals surface area contributed by atoms with Crippen molar-refractivity contribution in [2.75, 3.05) is 13.1 Å². The van der Waals surface area contributed by atoms with E-state index < -0.39 is 5.60 Å². The summed E-state index contributed by atoms with van der Waals surface area (Å²) in [6.07, 6.45) is 8.63. The van der Waals surface area contributed by atoms with Crippen LogP contribution in [-0.4, -0.2) is 64.1 Å². The smallest absolute Gasteiger partial charge is 0.296 e. The second-order valence-electron chi connectivity index (χ2n) is 9.98. The van der Waals surface area contributed by atoms with Crippen LogP contribution in [-0.2, 0) is 27.1 Å². The number of nitrogens with zero attached hydrogens (tertiary/aromatic N) is 3. The van der Waals surface area contributed by atoms with Crippen LogP contribution >= 0.6 is 0 Å². The lowest BCUT2D eigenvalue weighted by atomic mass is 9.75. The van der Waals surface area contributed by atoms with Crippen molar-refractivity contribution < 1.29 is 19.4 Å². The summed E-state index contributed by atoms with van der Waals surface area (Å²) >= 11 is 0. The van der Waals surface area contributed by atoms with Crippen LogP contribution in [0.5, 0.6) is 5.75 Å². The molecule has 2 spiro atoms. The van der Waals surface area contributed by atoms with Crippen molar-refractivity contribution in [1.82, 2.24) is 4.90 Å². The zero-order chi connectivity index (χ0) is 21.4. The topological polar surface area (TPSA) is 83.7 Å². The molecular formula is C24H27N3O4. The van der Waals surface area contributed by atoms with E-state index in [9.17, 15) is 9.90 Å². The predicted octanol–water partition coefficient (Wildman–Crippen LogP) is 2.41. The maximum Gasteiger partial charge on any atom is 0.296 e. The van der Waals surface area contributed by atoms with Crippen LogP contribution < -0.4 is 0 Å². The van der Waals surface area contributed by atoms with Gasteiger partial charge in [-0.15, -0.1) is 0 Å². The molecule has 7 nitrogen and oxygen atoms in total. The fourth-order valence-electron chi connectivity index (χ4n) is 6.18. The van der Waals surface area contributed by atoms with Crippen LogP contribution in [0.4, 0.5) is 0 Å². The van der Waals surface area contributed by atoms with Gasteiger partial charge in [-0.05, 0) is 44.4 Å². The maximum absolute atomic E-state index is 12.9. The molecule has 162 valence electrons. The Morgan fingerprint density at radius 2 is 2.00 bits per heavy atom. The number of hydrogen-bond acceptors (Lipinski definition) is 6. The molecule has 2 saturated heterocycles. The van der Waals surface area contributed by atoms with Gasteiger partial charge in [0.15, 0.2) is 0 Å². The zero-order valence-electron chi connectivity index (χ0n) is 17.9. The fourth-order valence-corrected chi connectivity index (χ4v) is 6.18. The quantitative estimate of drug-likeness (QED) is 0.696. The van der Waals surface area contributed by atoms with Gasteiger partial charge in [0.05, 0.1) is 17.2 Å². The average molecular weight is 421 g/mol. The van der Waals surface area contributed by atoms with Gasteiger partial charge in [0.1, 0.15) is 5.75 Å². The number of amides is 1. The van der Waals surface area contributed by atoms with Gasteiger partial charge in [0.2, 0.25) is 5.60 Å². The molecule has 4 heterocycles. The Bertz CT molecular complexity index is 1050. The van der Waals surface area contributed by atoms with Crippen LogP contribution in [0.15, 0.2) is 40.3 Å². The summed E-state index contributed by atoms with van der Waals surface area (Å²) in [6, 6.07) is 5.96. The summed E-state index contributed by atoms with van der Waals surface area (Å²) in [5.41, 5.74) is 0.202. The summed E-state index contributed by atoms with van der Waals surface area (Å²) < 4.78 is 12.9. The number of ether oxygens (including phenoxy) is 2. The minimum atomic E-state index is -1.01. The number of aliphatic imine (C=N–C) groups is 2. The van der Waals surface area contributed by atoms with Crippen LogP contribution in [0.1, 0.15) is 37.8 Å². The SMILES string of the molecule is CC1(C)OC2(CCN(C3=NC(=O)C4(Cc5cccc(O)c5C4)O3)CC2)C2C=CC=NC21. The van der Waals surface area contributed by atoms with Crippen molar-refractivity contribution in [3.63, 3.8) is 0 Å². The third kappa shape index (κ3) is 2.65. The number of carbonyl (C=O) groups is 1. The highest BCUT2D eigenvalue weighted by molar-refractivity contribution is 6.02. The van der Waals surface area contributed by atoms with E-state index in [0.717, 1.165) is 37.1 Å². The van der Waals surface area contributed by atoms with E-state index in [4.69, 9.17) is 14.5 Å². The minimum Gasteiger partial charge on any atom is -0.508 e. The normalized spacial score (nSPS) is 34.2. The maximum atomic E-state index is 12.9. The van der Waals surface area contributed by atoms with Crippen LogP contribution in [0.3, 0.4) is 0 Å². The van der Waals surface area contributed by atoms with Crippen LogP contribution in [0.2, 0.25) is 0 Å². The standard InChI is InChI=1S/C24H27N3O4/c1-22(2)19-17(6-4-10-25-19)23(31-22)8-11-27(12-9-23)21-26-20(29)24(30-21)13-15-5-3-7-18(28)16(15)14-24/h3-7,10,17,19,28H,8-9,11-14H2,1-2H3. The third-order valence-electron chi connectivity index (χ3n) is 7.72. The van der Waals surface area contributed by atoms with Gasteiger partial charge in [-0.2, -0.15) is 4.99 Å². The molecule has 1 amide bonds. The number of aromatic hydroxyl groups is 1. The molecule has 7 heteroatoms. The molecule has 5 aliphatic rings. The molecule has 0 aromatic heterocycles. The van der Waals surface area contributed by atoms with Crippen molar-refractivity contribution in [3.8, 4) is 5.75 Å². The number of likely N-dealkylation sites (tertiary alicyclic amines) is 1. The number of phenolic OH excluding ortho intramolecular Hbond substituents is 1. The Balaban J connectivity index is 1.18. The second kappa shape index (κ2) is 6.19. The highest BCUT2D eigenvalue weighted by atomic mass is 16.5. The lowest BCUT2D eigenvalue weighted by Crippen LogP contribution is -2.51. The van der Waals surface area contributed by atoms with Gasteiger partial charge in [-0.1, -0.05) is 18.2 Å². The van der Waals surface area contributed by atoms with E-state index in [0.29, 0.717) is 18.9 Å². The van der Waals surface area contributed by atoms with Gasteiger partial charge < -0.3 is 19.5 Å². The third-order valence-corrected chi connectivity index (χ3v) is 7.72. The number of allylic oxidation sites excluding steroid dienone is 1. The zero-order valence-corrected chi connectivity index (χ0v) is 17.9. The Kier molecular flexibility index (Phi) is 3.80. The first-order valence-electron chi connectivity index (χ1n) is 11.1. The second-order valence-corrected chi connectivity index (χ2v) is 9.98. The molecule has 1 N–H and O–H groups in total. The van der Waals surface area contributed by atoms with Crippen molar-refractivity contribution in [2.45, 2.75) is 62.4 Å². The Hall–Kier alpha value is -2.67. The molecule has 3 atom stereocenters. The van der Waals surface area contributed by atoms with E-state index in [1.807, 2.05) is 18.4 Å². The fraction of sp³-hybridized carbons (Fsp3) is 0.542. The number of amidine groups is 1. The highest BCUT2D eigenvalue weighted by Crippen LogP contribution is 2.51. The number of benzene rings is 1. The molecule has 0 radical (unpaired) electrons. The first kappa shape index (κ1) is 19.0. The van der Waals surface area contributed by atoms with E-state index in [1.54, 1.807) is 12.1 Å². The van der Waals surface area contributed by atoms with Crippen molar-refractivity contribution in [2.24, 2.45) is 15.9 Å². The van der Waals surface area contributed by atoms with E-state index >= 15 is 0 Å². The molecule has 1 aromatic rings. The van der Waals surface area contributed by atoms with Gasteiger partial charge in [-0.3, -0.25) is 9.79 Å². The summed E-state index contributed by atoms with van der Waals surface area (Å²) in [6.45, 7) is 5.69. The number of fused-ring (bicyclic) bond motifs is 3. The molecule has 0 saturated carbocycles. The van der Waals surface area contributed by atoms with Gasteiger partial charge in [-0.25, -0.2) is 0 Å². The summed E-state index contributed by atoms with van der Waals surface area (Å²) in [5.74, 6) is 0.237. The number of phenols is 1. The lowest BCUT2D eigenvalue weighted by molar-refractivity contribution is -0.131. The summed E-state index contributed by atoms with van der Waals surface area (Å²) in [4.78, 5) is 24.0. The summed E-state index contributed by atoms with van der Waals surface area (Å²) in [7, 11) is 0. The predicted molar refractivity (Wildman–Crippen MR) is 115 cm³/mol. The minimum absolute atomic E-state index is 0.138. The Morgan fingerprint density at radius 1 is 1.19 bits per heavy atom. The first-order valence-corrected chi connectivity index (χ1v) is 11.1. The summed E-state index contributed by atoms with van der Waals surface area (Å²) in [5, 5.41) is 10.2. The Morgan fingerprint density at radius 3 is 2.77 bits per heavy atom.